The molecule has 0 aromatic heterocycles. The van der Waals surface area contributed by atoms with Gasteiger partial charge in [0.1, 0.15) is 0 Å². The van der Waals surface area contributed by atoms with Gasteiger partial charge in [0.05, 0.1) is 12.5 Å². The Labute approximate surface area is 63.4 Å². The average Bonchev–Trinajstić information content (AvgIpc) is 1.97. The lowest BCUT2D eigenvalue weighted by Gasteiger charge is -1.87. The van der Waals surface area contributed by atoms with Crippen LogP contribution in [-0.4, -0.2) is 0 Å². The smallest absolute Gasteiger partial charge is 0.0861 e. The van der Waals surface area contributed by atoms with Gasteiger partial charge >= 0.3 is 0 Å². The summed E-state index contributed by atoms with van der Waals surface area (Å²) < 4.78 is 5.02. The maximum absolute atomic E-state index is 5.02. The van der Waals surface area contributed by atoms with Gasteiger partial charge in [0.2, 0.25) is 0 Å². The zero-order valence-electron chi connectivity index (χ0n) is 6.84. The van der Waals surface area contributed by atoms with Crippen LogP contribution in [0.1, 0.15) is 33.1 Å². The summed E-state index contributed by atoms with van der Waals surface area (Å²) in [6.45, 7) is 4.22. The molecule has 0 N–H and O–H groups in total. The number of rotatable bonds is 5. The Bertz CT molecular complexity index is 103. The first-order valence-corrected chi connectivity index (χ1v) is 3.87. The van der Waals surface area contributed by atoms with Gasteiger partial charge in [-0.1, -0.05) is 20.3 Å². The summed E-state index contributed by atoms with van der Waals surface area (Å²) in [6, 6.07) is 0. The van der Waals surface area contributed by atoms with Crippen LogP contribution in [0.25, 0.3) is 0 Å². The predicted octanol–water partition coefficient (Wildman–Crippen LogP) is 3.24. The SMILES string of the molecule is CC/C=C\O/C=C/CCC. The van der Waals surface area contributed by atoms with E-state index in [4.69, 9.17) is 4.74 Å². The van der Waals surface area contributed by atoms with E-state index in [9.17, 15) is 0 Å². The van der Waals surface area contributed by atoms with Crippen LogP contribution >= 0.6 is 0 Å². The Morgan fingerprint density at radius 3 is 2.40 bits per heavy atom. The van der Waals surface area contributed by atoms with E-state index in [1.54, 1.807) is 12.5 Å². The van der Waals surface area contributed by atoms with E-state index in [0.717, 1.165) is 12.8 Å². The standard InChI is InChI=1S/C9H16O/c1-3-5-7-9-10-8-6-4-2/h6-9H,3-5H2,1-2H3/b8-6-,9-7+. The molecule has 0 saturated heterocycles. The van der Waals surface area contributed by atoms with Gasteiger partial charge < -0.3 is 4.74 Å². The maximum Gasteiger partial charge on any atom is 0.0861 e. The van der Waals surface area contributed by atoms with Crippen LogP contribution in [0, 0.1) is 0 Å². The van der Waals surface area contributed by atoms with Crippen LogP contribution in [0.15, 0.2) is 24.7 Å². The van der Waals surface area contributed by atoms with Crippen molar-refractivity contribution in [2.24, 2.45) is 0 Å². The molecule has 0 aliphatic carbocycles. The summed E-state index contributed by atoms with van der Waals surface area (Å²) in [6.07, 6.45) is 10.8. The molecular weight excluding hydrogens is 124 g/mol. The molecule has 0 fully saturated rings. The molecule has 10 heavy (non-hydrogen) atoms. The lowest BCUT2D eigenvalue weighted by molar-refractivity contribution is 0.399. The van der Waals surface area contributed by atoms with Gasteiger partial charge in [-0.15, -0.1) is 0 Å². The molecule has 0 spiro atoms. The largest absolute Gasteiger partial charge is 0.473 e. The first-order valence-electron chi connectivity index (χ1n) is 3.87. The lowest BCUT2D eigenvalue weighted by atomic mass is 10.3. The molecule has 0 aromatic carbocycles. The minimum Gasteiger partial charge on any atom is -0.473 e. The van der Waals surface area contributed by atoms with Gasteiger partial charge in [-0.25, -0.2) is 0 Å². The molecule has 1 heteroatoms. The lowest BCUT2D eigenvalue weighted by Crippen LogP contribution is -1.66. The molecule has 0 rings (SSSR count). The van der Waals surface area contributed by atoms with E-state index in [2.05, 4.69) is 13.8 Å². The van der Waals surface area contributed by atoms with Crippen LogP contribution in [0.5, 0.6) is 0 Å². The van der Waals surface area contributed by atoms with Gasteiger partial charge in [0.25, 0.3) is 0 Å². The second kappa shape index (κ2) is 8.28. The molecule has 58 valence electrons. The highest BCUT2D eigenvalue weighted by molar-refractivity contribution is 4.78. The van der Waals surface area contributed by atoms with Crippen molar-refractivity contribution in [2.45, 2.75) is 33.1 Å². The fraction of sp³-hybridized carbons (Fsp3) is 0.556. The summed E-state index contributed by atoms with van der Waals surface area (Å²) in [4.78, 5) is 0. The first kappa shape index (κ1) is 9.28. The van der Waals surface area contributed by atoms with Crippen LogP contribution < -0.4 is 0 Å². The van der Waals surface area contributed by atoms with Crippen LogP contribution in [0.3, 0.4) is 0 Å². The van der Waals surface area contributed by atoms with Crippen LogP contribution in [0.4, 0.5) is 0 Å². The van der Waals surface area contributed by atoms with Crippen LogP contribution in [-0.2, 0) is 4.74 Å². The molecule has 0 aromatic rings. The van der Waals surface area contributed by atoms with E-state index in [0.29, 0.717) is 0 Å². The predicted molar refractivity (Wildman–Crippen MR) is 44.6 cm³/mol. The Morgan fingerprint density at radius 1 is 1.10 bits per heavy atom. The van der Waals surface area contributed by atoms with Crippen molar-refractivity contribution >= 4 is 0 Å². The Morgan fingerprint density at radius 2 is 1.80 bits per heavy atom. The third kappa shape index (κ3) is 7.28. The number of hydrogen-bond acceptors (Lipinski definition) is 1. The Balaban J connectivity index is 3.09. The van der Waals surface area contributed by atoms with Gasteiger partial charge in [0.15, 0.2) is 0 Å². The van der Waals surface area contributed by atoms with Crippen molar-refractivity contribution in [3.63, 3.8) is 0 Å². The fourth-order valence-corrected chi connectivity index (χ4v) is 0.487. The van der Waals surface area contributed by atoms with Crippen molar-refractivity contribution in [2.75, 3.05) is 0 Å². The van der Waals surface area contributed by atoms with E-state index in [1.165, 1.54) is 6.42 Å². The zero-order chi connectivity index (χ0) is 7.66. The summed E-state index contributed by atoms with van der Waals surface area (Å²) in [5.74, 6) is 0. The number of unbranched alkanes of at least 4 members (excludes halogenated alkanes) is 1. The van der Waals surface area contributed by atoms with Crippen molar-refractivity contribution in [1.29, 1.82) is 0 Å². The summed E-state index contributed by atoms with van der Waals surface area (Å²) in [5, 5.41) is 0. The van der Waals surface area contributed by atoms with Crippen molar-refractivity contribution in [3.8, 4) is 0 Å². The van der Waals surface area contributed by atoms with E-state index in [-0.39, 0.29) is 0 Å². The molecule has 0 aliphatic rings. The van der Waals surface area contributed by atoms with E-state index >= 15 is 0 Å². The fourth-order valence-electron chi connectivity index (χ4n) is 0.487. The Kier molecular flexibility index (Phi) is 7.68. The zero-order valence-corrected chi connectivity index (χ0v) is 6.84. The second-order valence-electron chi connectivity index (χ2n) is 2.08. The van der Waals surface area contributed by atoms with Gasteiger partial charge in [0, 0.05) is 0 Å². The monoisotopic (exact) mass is 140 g/mol. The molecular formula is C9H16O. The van der Waals surface area contributed by atoms with Crippen molar-refractivity contribution in [1.82, 2.24) is 0 Å². The summed E-state index contributed by atoms with van der Waals surface area (Å²) >= 11 is 0. The first-order chi connectivity index (χ1) is 4.91. The van der Waals surface area contributed by atoms with E-state index < -0.39 is 0 Å². The highest BCUT2D eigenvalue weighted by atomic mass is 16.5. The normalized spacial score (nSPS) is 11.4. The topological polar surface area (TPSA) is 9.23 Å². The van der Waals surface area contributed by atoms with Crippen molar-refractivity contribution < 1.29 is 4.74 Å². The minimum atomic E-state index is 1.03. The number of ether oxygens (including phenoxy) is 1. The van der Waals surface area contributed by atoms with Gasteiger partial charge in [-0.3, -0.25) is 0 Å². The van der Waals surface area contributed by atoms with Gasteiger partial charge in [-0.2, -0.15) is 0 Å². The second-order valence-corrected chi connectivity index (χ2v) is 2.08. The van der Waals surface area contributed by atoms with Gasteiger partial charge in [-0.05, 0) is 25.0 Å². The average molecular weight is 140 g/mol. The van der Waals surface area contributed by atoms with Crippen molar-refractivity contribution in [3.05, 3.63) is 24.7 Å². The highest BCUT2D eigenvalue weighted by Gasteiger charge is 1.71. The number of hydrogen-bond donors (Lipinski definition) is 0. The number of allylic oxidation sites excluding steroid dienone is 2. The Hall–Kier alpha value is -0.720. The molecule has 0 amide bonds. The third-order valence-corrected chi connectivity index (χ3v) is 1.04. The van der Waals surface area contributed by atoms with E-state index in [1.807, 2.05) is 12.2 Å². The quantitative estimate of drug-likeness (QED) is 0.533. The summed E-state index contributed by atoms with van der Waals surface area (Å²) in [7, 11) is 0. The molecule has 0 atom stereocenters. The molecule has 0 bridgehead atoms. The molecule has 0 saturated carbocycles. The molecule has 0 radical (unpaired) electrons. The van der Waals surface area contributed by atoms with Crippen LogP contribution in [0.2, 0.25) is 0 Å². The third-order valence-electron chi connectivity index (χ3n) is 1.04. The molecule has 0 unspecified atom stereocenters. The highest BCUT2D eigenvalue weighted by Crippen LogP contribution is 1.89. The molecule has 0 heterocycles. The molecule has 1 nitrogen and oxygen atoms in total. The summed E-state index contributed by atoms with van der Waals surface area (Å²) in [5.41, 5.74) is 0. The molecule has 0 aliphatic heterocycles. The maximum atomic E-state index is 5.02. The minimum absolute atomic E-state index is 1.03.